The fraction of sp³-hybridized carbons (Fsp3) is 0.312. The minimum Gasteiger partial charge on any atom is -0.493 e. The number of rotatable bonds is 6. The van der Waals surface area contributed by atoms with Crippen molar-refractivity contribution in [2.24, 2.45) is 5.92 Å². The summed E-state index contributed by atoms with van der Waals surface area (Å²) in [7, 11) is 0. The van der Waals surface area contributed by atoms with Crippen molar-refractivity contribution in [1.29, 1.82) is 0 Å². The number of benzene rings is 1. The summed E-state index contributed by atoms with van der Waals surface area (Å²) in [4.78, 5) is 28.0. The van der Waals surface area contributed by atoms with Crippen LogP contribution in [0.4, 0.5) is 5.69 Å². The van der Waals surface area contributed by atoms with Crippen LogP contribution >= 0.6 is 23.4 Å². The molecule has 0 unspecified atom stereocenters. The third kappa shape index (κ3) is 5.01. The number of hydrogen-bond acceptors (Lipinski definition) is 5. The van der Waals surface area contributed by atoms with Crippen molar-refractivity contribution in [3.63, 3.8) is 0 Å². The summed E-state index contributed by atoms with van der Waals surface area (Å²) < 4.78 is 1.46. The van der Waals surface area contributed by atoms with Crippen LogP contribution in [-0.2, 0) is 11.3 Å². The summed E-state index contributed by atoms with van der Waals surface area (Å²) in [5.41, 5.74) is 0.179. The molecule has 128 valence electrons. The van der Waals surface area contributed by atoms with E-state index in [9.17, 15) is 14.7 Å². The lowest BCUT2D eigenvalue weighted by Gasteiger charge is -2.13. The summed E-state index contributed by atoms with van der Waals surface area (Å²) >= 11 is 7.08. The highest BCUT2D eigenvalue weighted by molar-refractivity contribution is 7.99. The van der Waals surface area contributed by atoms with E-state index >= 15 is 0 Å². The number of carbonyl (C=O) groups excluding carboxylic acids is 1. The van der Waals surface area contributed by atoms with Gasteiger partial charge in [0.25, 0.3) is 5.56 Å². The summed E-state index contributed by atoms with van der Waals surface area (Å²) in [6, 6.07) is 7.99. The topological polar surface area (TPSA) is 84.2 Å². The van der Waals surface area contributed by atoms with E-state index in [0.29, 0.717) is 22.4 Å². The lowest BCUT2D eigenvalue weighted by Crippen LogP contribution is -2.25. The fourth-order valence-corrected chi connectivity index (χ4v) is 2.99. The monoisotopic (exact) mass is 367 g/mol. The van der Waals surface area contributed by atoms with Gasteiger partial charge >= 0.3 is 0 Å². The molecule has 0 saturated carbocycles. The number of halogens is 1. The van der Waals surface area contributed by atoms with Crippen LogP contribution in [0.3, 0.4) is 0 Å². The Labute approximate surface area is 148 Å². The molecule has 0 spiro atoms. The molecule has 0 radical (unpaired) electrons. The molecule has 0 fully saturated rings. The predicted molar refractivity (Wildman–Crippen MR) is 95.8 cm³/mol. The second kappa shape index (κ2) is 8.21. The highest BCUT2D eigenvalue weighted by Crippen LogP contribution is 2.22. The summed E-state index contributed by atoms with van der Waals surface area (Å²) in [6.45, 7) is 4.40. The number of nitrogens with zero attached hydrogens (tertiary/aromatic N) is 2. The zero-order valence-electron chi connectivity index (χ0n) is 13.3. The first-order chi connectivity index (χ1) is 11.4. The van der Waals surface area contributed by atoms with Crippen molar-refractivity contribution in [2.45, 2.75) is 25.5 Å². The van der Waals surface area contributed by atoms with E-state index in [4.69, 9.17) is 11.6 Å². The van der Waals surface area contributed by atoms with E-state index in [1.165, 1.54) is 4.57 Å². The Morgan fingerprint density at radius 3 is 2.79 bits per heavy atom. The molecule has 1 heterocycles. The number of carbonyl (C=O) groups is 1. The van der Waals surface area contributed by atoms with E-state index in [-0.39, 0.29) is 29.0 Å². The molecule has 24 heavy (non-hydrogen) atoms. The molecule has 0 aliphatic rings. The molecule has 2 N–H and O–H groups in total. The fourth-order valence-electron chi connectivity index (χ4n) is 2.00. The maximum atomic E-state index is 12.1. The van der Waals surface area contributed by atoms with E-state index in [1.807, 2.05) is 13.8 Å². The third-order valence-electron chi connectivity index (χ3n) is 2.99. The first-order valence-electron chi connectivity index (χ1n) is 7.35. The molecule has 0 aliphatic heterocycles. The molecular weight excluding hydrogens is 350 g/mol. The van der Waals surface area contributed by atoms with Crippen molar-refractivity contribution >= 4 is 35.0 Å². The highest BCUT2D eigenvalue weighted by Gasteiger charge is 2.13. The first kappa shape index (κ1) is 18.4. The van der Waals surface area contributed by atoms with Crippen LogP contribution in [0.25, 0.3) is 0 Å². The van der Waals surface area contributed by atoms with Crippen LogP contribution in [0.2, 0.25) is 5.02 Å². The Hall–Kier alpha value is -1.99. The van der Waals surface area contributed by atoms with Gasteiger partial charge in [0.15, 0.2) is 5.16 Å². The normalized spacial score (nSPS) is 10.8. The summed E-state index contributed by atoms with van der Waals surface area (Å²) in [5.74, 6) is -0.361. The second-order valence-corrected chi connectivity index (χ2v) is 6.91. The van der Waals surface area contributed by atoms with Gasteiger partial charge in [-0.25, -0.2) is 0 Å². The Bertz CT molecular complexity index is 792. The van der Waals surface area contributed by atoms with Gasteiger partial charge in [0, 0.05) is 6.54 Å². The molecule has 2 aromatic rings. The number of nitrogens with one attached hydrogen (secondary N) is 1. The van der Waals surface area contributed by atoms with Gasteiger partial charge in [-0.05, 0) is 18.1 Å². The van der Waals surface area contributed by atoms with Crippen molar-refractivity contribution in [3.8, 4) is 5.88 Å². The quantitative estimate of drug-likeness (QED) is 0.605. The van der Waals surface area contributed by atoms with Gasteiger partial charge < -0.3 is 10.4 Å². The largest absolute Gasteiger partial charge is 0.493 e. The van der Waals surface area contributed by atoms with E-state index in [1.54, 1.807) is 24.3 Å². The van der Waals surface area contributed by atoms with Crippen LogP contribution in [-0.4, -0.2) is 26.3 Å². The van der Waals surface area contributed by atoms with Crippen LogP contribution in [0.5, 0.6) is 5.88 Å². The Morgan fingerprint density at radius 1 is 1.42 bits per heavy atom. The molecule has 1 amide bonds. The number of para-hydroxylation sites is 1. The molecule has 1 aromatic carbocycles. The van der Waals surface area contributed by atoms with E-state index in [2.05, 4.69) is 10.3 Å². The molecule has 2 rings (SSSR count). The van der Waals surface area contributed by atoms with Crippen LogP contribution < -0.4 is 10.9 Å². The van der Waals surface area contributed by atoms with Gasteiger partial charge in [0.1, 0.15) is 0 Å². The van der Waals surface area contributed by atoms with Gasteiger partial charge in [-0.1, -0.05) is 49.3 Å². The van der Waals surface area contributed by atoms with Gasteiger partial charge in [-0.15, -0.1) is 0 Å². The van der Waals surface area contributed by atoms with Crippen LogP contribution in [0, 0.1) is 5.92 Å². The Balaban J connectivity index is 2.09. The average molecular weight is 368 g/mol. The summed E-state index contributed by atoms with van der Waals surface area (Å²) in [6.07, 6.45) is 0. The molecule has 0 bridgehead atoms. The Kier molecular flexibility index (Phi) is 6.28. The predicted octanol–water partition coefficient (Wildman–Crippen LogP) is 2.99. The smallest absolute Gasteiger partial charge is 0.257 e. The molecule has 6 nitrogen and oxygen atoms in total. The van der Waals surface area contributed by atoms with Crippen LogP contribution in [0.15, 0.2) is 40.3 Å². The van der Waals surface area contributed by atoms with Gasteiger partial charge in [0.05, 0.1) is 22.5 Å². The van der Waals surface area contributed by atoms with E-state index in [0.717, 1.165) is 17.8 Å². The first-order valence-corrected chi connectivity index (χ1v) is 8.71. The second-order valence-electron chi connectivity index (χ2n) is 5.56. The number of aromatic hydroxyl groups is 1. The minimum atomic E-state index is -0.353. The SMILES string of the molecule is CC(C)Cn1c(SCC(=O)Nc2ccccc2Cl)nc(O)cc1=O. The average Bonchev–Trinajstić information content (AvgIpc) is 2.50. The molecule has 1 aromatic heterocycles. The number of amides is 1. The maximum absolute atomic E-state index is 12.1. The van der Waals surface area contributed by atoms with Gasteiger partial charge in [-0.3, -0.25) is 14.2 Å². The van der Waals surface area contributed by atoms with E-state index < -0.39 is 0 Å². The van der Waals surface area contributed by atoms with Crippen molar-refractivity contribution in [1.82, 2.24) is 9.55 Å². The van der Waals surface area contributed by atoms with Crippen LogP contribution in [0.1, 0.15) is 13.8 Å². The number of hydrogen-bond donors (Lipinski definition) is 2. The van der Waals surface area contributed by atoms with Crippen molar-refractivity contribution < 1.29 is 9.90 Å². The molecule has 0 saturated heterocycles. The van der Waals surface area contributed by atoms with Gasteiger partial charge in [-0.2, -0.15) is 4.98 Å². The Morgan fingerprint density at radius 2 is 2.12 bits per heavy atom. The minimum absolute atomic E-state index is 0.0409. The lowest BCUT2D eigenvalue weighted by molar-refractivity contribution is -0.113. The highest BCUT2D eigenvalue weighted by atomic mass is 35.5. The van der Waals surface area contributed by atoms with Crippen molar-refractivity contribution in [3.05, 3.63) is 45.7 Å². The molecule has 0 atom stereocenters. The molecular formula is C16H18ClN3O3S. The third-order valence-corrected chi connectivity index (χ3v) is 4.29. The summed E-state index contributed by atoms with van der Waals surface area (Å²) in [5, 5.41) is 13.0. The lowest BCUT2D eigenvalue weighted by atomic mass is 10.2. The van der Waals surface area contributed by atoms with Crippen molar-refractivity contribution in [2.75, 3.05) is 11.1 Å². The standard InChI is InChI=1S/C16H18ClN3O3S/c1-10(2)8-20-15(23)7-13(21)19-16(20)24-9-14(22)18-12-6-4-3-5-11(12)17/h3-7,10,21H,8-9H2,1-2H3,(H,18,22). The zero-order valence-corrected chi connectivity index (χ0v) is 14.9. The molecule has 8 heteroatoms. The molecule has 0 aliphatic carbocycles. The number of thioether (sulfide) groups is 1. The maximum Gasteiger partial charge on any atom is 0.257 e. The number of aromatic nitrogens is 2. The van der Waals surface area contributed by atoms with Gasteiger partial charge in [0.2, 0.25) is 11.8 Å². The number of anilines is 1. The zero-order chi connectivity index (χ0) is 17.7.